The number of nitrogens with zero attached hydrogens (tertiary/aromatic N) is 2. The van der Waals surface area contributed by atoms with Crippen LogP contribution in [0.25, 0.3) is 0 Å². The molecular formula is C18H30N4O5S. The standard InChI is InChI=1S/C18H30N4O5S/c1-11(19)16(24)22-9-4-6-14(22)17(25)21-8-3-5-13(21)15(23)20-12(18(26)27)7-10-28-2/h11-14H,3-10,19H2,1-2H3,(H,20,23)(H,26,27). The number of amides is 3. The van der Waals surface area contributed by atoms with Crippen LogP contribution in [0.1, 0.15) is 39.0 Å². The van der Waals surface area contributed by atoms with Crippen molar-refractivity contribution in [2.24, 2.45) is 5.73 Å². The fourth-order valence-corrected chi connectivity index (χ4v) is 4.28. The number of carboxylic acid groups (broad SMARTS) is 1. The Bertz CT molecular complexity index is 615. The summed E-state index contributed by atoms with van der Waals surface area (Å²) in [6, 6.07) is -2.95. The molecule has 0 aromatic rings. The van der Waals surface area contributed by atoms with Gasteiger partial charge in [-0.1, -0.05) is 0 Å². The van der Waals surface area contributed by atoms with Crippen molar-refractivity contribution in [1.29, 1.82) is 0 Å². The monoisotopic (exact) mass is 414 g/mol. The molecule has 2 saturated heterocycles. The molecule has 10 heteroatoms. The summed E-state index contributed by atoms with van der Waals surface area (Å²) in [4.78, 5) is 52.5. The molecule has 158 valence electrons. The van der Waals surface area contributed by atoms with E-state index in [0.717, 1.165) is 6.42 Å². The van der Waals surface area contributed by atoms with Gasteiger partial charge in [0.15, 0.2) is 0 Å². The van der Waals surface area contributed by atoms with E-state index in [0.29, 0.717) is 44.5 Å². The highest BCUT2D eigenvalue weighted by Crippen LogP contribution is 2.25. The van der Waals surface area contributed by atoms with Crippen molar-refractivity contribution in [3.05, 3.63) is 0 Å². The minimum Gasteiger partial charge on any atom is -0.480 e. The molecule has 28 heavy (non-hydrogen) atoms. The van der Waals surface area contributed by atoms with Gasteiger partial charge in [-0.15, -0.1) is 0 Å². The van der Waals surface area contributed by atoms with E-state index in [-0.39, 0.29) is 11.8 Å². The maximum atomic E-state index is 13.1. The Morgan fingerprint density at radius 2 is 1.75 bits per heavy atom. The van der Waals surface area contributed by atoms with Gasteiger partial charge in [0, 0.05) is 13.1 Å². The van der Waals surface area contributed by atoms with Crippen LogP contribution < -0.4 is 11.1 Å². The quantitative estimate of drug-likeness (QED) is 0.494. The van der Waals surface area contributed by atoms with E-state index in [1.54, 1.807) is 6.92 Å². The van der Waals surface area contributed by atoms with Crippen LogP contribution in [0.3, 0.4) is 0 Å². The average molecular weight is 415 g/mol. The molecule has 3 amide bonds. The van der Waals surface area contributed by atoms with Crippen molar-refractivity contribution in [3.63, 3.8) is 0 Å². The summed E-state index contributed by atoms with van der Waals surface area (Å²) in [6.07, 6.45) is 4.61. The smallest absolute Gasteiger partial charge is 0.326 e. The molecule has 2 rings (SSSR count). The van der Waals surface area contributed by atoms with Crippen LogP contribution in [-0.4, -0.2) is 87.9 Å². The fraction of sp³-hybridized carbons (Fsp3) is 0.778. The molecule has 0 bridgehead atoms. The van der Waals surface area contributed by atoms with Crippen LogP contribution in [0.15, 0.2) is 0 Å². The molecule has 2 heterocycles. The zero-order valence-electron chi connectivity index (χ0n) is 16.4. The Kier molecular flexibility index (Phi) is 8.11. The highest BCUT2D eigenvalue weighted by Gasteiger charge is 2.42. The van der Waals surface area contributed by atoms with Gasteiger partial charge in [-0.2, -0.15) is 11.8 Å². The number of carbonyl (C=O) groups is 4. The highest BCUT2D eigenvalue weighted by molar-refractivity contribution is 7.98. The molecule has 2 aliphatic rings. The average Bonchev–Trinajstić information content (AvgIpc) is 3.32. The molecular weight excluding hydrogens is 384 g/mol. The normalized spacial score (nSPS) is 24.1. The largest absolute Gasteiger partial charge is 0.480 e. The molecule has 4 atom stereocenters. The van der Waals surface area contributed by atoms with E-state index in [9.17, 15) is 24.3 Å². The van der Waals surface area contributed by atoms with Gasteiger partial charge in [-0.3, -0.25) is 14.4 Å². The van der Waals surface area contributed by atoms with E-state index < -0.39 is 36.0 Å². The number of thioether (sulfide) groups is 1. The van der Waals surface area contributed by atoms with Crippen LogP contribution in [-0.2, 0) is 19.2 Å². The molecule has 4 unspecified atom stereocenters. The maximum Gasteiger partial charge on any atom is 0.326 e. The Labute approximate surface area is 169 Å². The van der Waals surface area contributed by atoms with Crippen LogP contribution in [0.4, 0.5) is 0 Å². The first kappa shape index (κ1) is 22.5. The van der Waals surface area contributed by atoms with Crippen molar-refractivity contribution in [1.82, 2.24) is 15.1 Å². The van der Waals surface area contributed by atoms with Gasteiger partial charge in [0.2, 0.25) is 17.7 Å². The summed E-state index contributed by atoms with van der Waals surface area (Å²) in [7, 11) is 0. The molecule has 0 radical (unpaired) electrons. The lowest BCUT2D eigenvalue weighted by molar-refractivity contribution is -0.148. The minimum absolute atomic E-state index is 0.250. The number of rotatable bonds is 8. The van der Waals surface area contributed by atoms with E-state index in [1.807, 2.05) is 6.26 Å². The second-order valence-corrected chi connectivity index (χ2v) is 8.33. The van der Waals surface area contributed by atoms with E-state index in [1.165, 1.54) is 21.6 Å². The molecule has 9 nitrogen and oxygen atoms in total. The Morgan fingerprint density at radius 3 is 2.32 bits per heavy atom. The highest BCUT2D eigenvalue weighted by atomic mass is 32.2. The zero-order chi connectivity index (χ0) is 20.8. The first-order valence-corrected chi connectivity index (χ1v) is 11.1. The number of carbonyl (C=O) groups excluding carboxylic acids is 3. The number of likely N-dealkylation sites (tertiary alicyclic amines) is 2. The van der Waals surface area contributed by atoms with Crippen LogP contribution in [0.5, 0.6) is 0 Å². The summed E-state index contributed by atoms with van der Waals surface area (Å²) in [5, 5.41) is 11.9. The molecule has 2 fully saturated rings. The van der Waals surface area contributed by atoms with Gasteiger partial charge in [0.25, 0.3) is 0 Å². The Balaban J connectivity index is 2.06. The van der Waals surface area contributed by atoms with Crippen molar-refractivity contribution < 1.29 is 24.3 Å². The van der Waals surface area contributed by atoms with Crippen LogP contribution >= 0.6 is 11.8 Å². The zero-order valence-corrected chi connectivity index (χ0v) is 17.2. The predicted octanol–water partition coefficient (Wildman–Crippen LogP) is -0.362. The lowest BCUT2D eigenvalue weighted by Crippen LogP contribution is -2.56. The topological polar surface area (TPSA) is 133 Å². The van der Waals surface area contributed by atoms with E-state index in [4.69, 9.17) is 5.73 Å². The first-order chi connectivity index (χ1) is 13.3. The number of carboxylic acids is 1. The fourth-order valence-electron chi connectivity index (χ4n) is 3.80. The van der Waals surface area contributed by atoms with Crippen LogP contribution in [0.2, 0.25) is 0 Å². The van der Waals surface area contributed by atoms with Gasteiger partial charge in [0.1, 0.15) is 18.1 Å². The predicted molar refractivity (Wildman–Crippen MR) is 106 cm³/mol. The minimum atomic E-state index is -1.08. The Morgan fingerprint density at radius 1 is 1.14 bits per heavy atom. The molecule has 4 N–H and O–H groups in total. The lowest BCUT2D eigenvalue weighted by Gasteiger charge is -2.32. The molecule has 0 aromatic carbocycles. The number of hydrogen-bond donors (Lipinski definition) is 3. The van der Waals surface area contributed by atoms with E-state index in [2.05, 4.69) is 5.32 Å². The molecule has 0 aromatic heterocycles. The van der Waals surface area contributed by atoms with Crippen molar-refractivity contribution in [2.75, 3.05) is 25.1 Å². The van der Waals surface area contributed by atoms with E-state index >= 15 is 0 Å². The summed E-state index contributed by atoms with van der Waals surface area (Å²) in [5.41, 5.74) is 5.69. The van der Waals surface area contributed by atoms with Crippen molar-refractivity contribution in [2.45, 2.75) is 63.2 Å². The molecule has 2 aliphatic heterocycles. The first-order valence-electron chi connectivity index (χ1n) is 9.66. The maximum absolute atomic E-state index is 13.1. The number of hydrogen-bond acceptors (Lipinski definition) is 6. The van der Waals surface area contributed by atoms with Crippen molar-refractivity contribution >= 4 is 35.5 Å². The summed E-state index contributed by atoms with van der Waals surface area (Å²) < 4.78 is 0. The molecule has 0 spiro atoms. The SMILES string of the molecule is CSCCC(NC(=O)C1CCCN1C(=O)C1CCCN1C(=O)C(C)N)C(=O)O. The van der Waals surface area contributed by atoms with Crippen LogP contribution in [0, 0.1) is 0 Å². The molecule has 0 saturated carbocycles. The third-order valence-corrected chi connectivity index (χ3v) is 5.92. The summed E-state index contributed by atoms with van der Waals surface area (Å²) >= 11 is 1.51. The van der Waals surface area contributed by atoms with Gasteiger partial charge in [-0.25, -0.2) is 4.79 Å². The number of nitrogens with one attached hydrogen (secondary N) is 1. The van der Waals surface area contributed by atoms with Gasteiger partial charge >= 0.3 is 5.97 Å². The van der Waals surface area contributed by atoms with Gasteiger partial charge in [-0.05, 0) is 51.0 Å². The third kappa shape index (κ3) is 5.16. The van der Waals surface area contributed by atoms with Crippen molar-refractivity contribution in [3.8, 4) is 0 Å². The number of nitrogens with two attached hydrogens (primary N) is 1. The number of aliphatic carboxylic acids is 1. The molecule has 0 aliphatic carbocycles. The van der Waals surface area contributed by atoms with Gasteiger partial charge in [0.05, 0.1) is 6.04 Å². The lowest BCUT2D eigenvalue weighted by atomic mass is 10.1. The summed E-state index contributed by atoms with van der Waals surface area (Å²) in [5.74, 6) is -1.43. The second-order valence-electron chi connectivity index (χ2n) is 7.35. The Hall–Kier alpha value is -1.81. The third-order valence-electron chi connectivity index (χ3n) is 5.27. The summed E-state index contributed by atoms with van der Waals surface area (Å²) in [6.45, 7) is 2.50. The van der Waals surface area contributed by atoms with Gasteiger partial charge < -0.3 is 26.0 Å². The second kappa shape index (κ2) is 10.1.